The lowest BCUT2D eigenvalue weighted by Gasteiger charge is -2.38. The fourth-order valence-corrected chi connectivity index (χ4v) is 5.18. The fourth-order valence-electron chi connectivity index (χ4n) is 5.18. The predicted octanol–water partition coefficient (Wildman–Crippen LogP) is 4.54. The quantitative estimate of drug-likeness (QED) is 0.623. The third kappa shape index (κ3) is 5.66. The third-order valence-corrected chi connectivity index (χ3v) is 7.48. The molecule has 2 aliphatic rings. The average Bonchev–Trinajstić information content (AvgIpc) is 3.14. The fraction of sp³-hybridized carbons (Fsp3) is 0.500. The number of amides is 2. The molecule has 6 heteroatoms. The van der Waals surface area contributed by atoms with Crippen LogP contribution < -0.4 is 5.32 Å². The zero-order valence-corrected chi connectivity index (χ0v) is 20.3. The molecule has 1 N–H and O–H groups in total. The van der Waals surface area contributed by atoms with Crippen LogP contribution in [0.5, 0.6) is 0 Å². The summed E-state index contributed by atoms with van der Waals surface area (Å²) in [6.07, 6.45) is 3.50. The summed E-state index contributed by atoms with van der Waals surface area (Å²) in [6, 6.07) is 16.6. The highest BCUT2D eigenvalue weighted by Gasteiger charge is 2.47. The molecule has 1 atom stereocenters. The SMILES string of the molecule is CC(C)C(=O)NC(CCN1CCC2(CC1)CCN(Cc1ccc(F)cc1)C2=O)c1ccccc1. The number of benzene rings is 2. The second kappa shape index (κ2) is 10.7. The number of halogens is 1. The van der Waals surface area contributed by atoms with Gasteiger partial charge in [-0.2, -0.15) is 0 Å². The van der Waals surface area contributed by atoms with Gasteiger partial charge in [-0.05, 0) is 62.0 Å². The Morgan fingerprint density at radius 1 is 1.00 bits per heavy atom. The zero-order chi connectivity index (χ0) is 24.1. The van der Waals surface area contributed by atoms with Gasteiger partial charge in [-0.25, -0.2) is 4.39 Å². The molecule has 2 saturated heterocycles. The van der Waals surface area contributed by atoms with E-state index in [9.17, 15) is 14.0 Å². The number of carbonyl (C=O) groups is 2. The van der Waals surface area contributed by atoms with Crippen LogP contribution in [0.1, 0.15) is 56.7 Å². The lowest BCUT2D eigenvalue weighted by atomic mass is 9.77. The summed E-state index contributed by atoms with van der Waals surface area (Å²) >= 11 is 0. The smallest absolute Gasteiger partial charge is 0.229 e. The molecule has 1 unspecified atom stereocenters. The van der Waals surface area contributed by atoms with E-state index in [1.807, 2.05) is 36.9 Å². The number of carbonyl (C=O) groups excluding carboxylic acids is 2. The summed E-state index contributed by atoms with van der Waals surface area (Å²) in [6.45, 7) is 7.85. The van der Waals surface area contributed by atoms with Crippen LogP contribution in [0.3, 0.4) is 0 Å². The van der Waals surface area contributed by atoms with Crippen molar-refractivity contribution in [2.45, 2.75) is 52.1 Å². The third-order valence-electron chi connectivity index (χ3n) is 7.48. The Labute approximate surface area is 202 Å². The Morgan fingerprint density at radius 3 is 2.29 bits per heavy atom. The van der Waals surface area contributed by atoms with Crippen LogP contribution in [0.4, 0.5) is 4.39 Å². The molecular formula is C28H36FN3O2. The van der Waals surface area contributed by atoms with E-state index in [0.717, 1.165) is 63.0 Å². The maximum absolute atomic E-state index is 13.3. The van der Waals surface area contributed by atoms with Crippen LogP contribution in [-0.4, -0.2) is 47.8 Å². The molecule has 182 valence electrons. The predicted molar refractivity (Wildman–Crippen MR) is 131 cm³/mol. The first-order valence-corrected chi connectivity index (χ1v) is 12.5. The van der Waals surface area contributed by atoms with Gasteiger partial charge in [0.1, 0.15) is 5.82 Å². The second-order valence-corrected chi connectivity index (χ2v) is 10.1. The number of likely N-dealkylation sites (tertiary alicyclic amines) is 2. The van der Waals surface area contributed by atoms with Gasteiger partial charge in [0.25, 0.3) is 0 Å². The Bertz CT molecular complexity index is 969. The highest BCUT2D eigenvalue weighted by atomic mass is 19.1. The first-order chi connectivity index (χ1) is 16.4. The Balaban J connectivity index is 1.31. The van der Waals surface area contributed by atoms with Crippen LogP contribution in [0.15, 0.2) is 54.6 Å². The van der Waals surface area contributed by atoms with Crippen LogP contribution in [0.2, 0.25) is 0 Å². The van der Waals surface area contributed by atoms with Gasteiger partial charge in [0, 0.05) is 25.6 Å². The summed E-state index contributed by atoms with van der Waals surface area (Å²) in [7, 11) is 0. The van der Waals surface area contributed by atoms with Crippen molar-refractivity contribution in [2.75, 3.05) is 26.2 Å². The molecule has 1 spiro atoms. The molecule has 2 aromatic carbocycles. The van der Waals surface area contributed by atoms with Crippen molar-refractivity contribution in [1.29, 1.82) is 0 Å². The van der Waals surface area contributed by atoms with E-state index in [-0.39, 0.29) is 35.0 Å². The van der Waals surface area contributed by atoms with Crippen molar-refractivity contribution in [3.8, 4) is 0 Å². The maximum Gasteiger partial charge on any atom is 0.229 e. The molecule has 2 fully saturated rings. The summed E-state index contributed by atoms with van der Waals surface area (Å²) in [4.78, 5) is 30.0. The zero-order valence-electron chi connectivity index (χ0n) is 20.3. The molecule has 0 saturated carbocycles. The number of rotatable bonds is 8. The first-order valence-electron chi connectivity index (χ1n) is 12.5. The molecule has 0 bridgehead atoms. The molecule has 0 aromatic heterocycles. The van der Waals surface area contributed by atoms with Crippen molar-refractivity contribution in [1.82, 2.24) is 15.1 Å². The molecular weight excluding hydrogens is 429 g/mol. The van der Waals surface area contributed by atoms with E-state index in [1.54, 1.807) is 12.1 Å². The summed E-state index contributed by atoms with van der Waals surface area (Å²) < 4.78 is 13.2. The number of nitrogens with one attached hydrogen (secondary N) is 1. The first kappa shape index (κ1) is 24.4. The minimum Gasteiger partial charge on any atom is -0.349 e. The van der Waals surface area contributed by atoms with Gasteiger partial charge in [0.2, 0.25) is 11.8 Å². The van der Waals surface area contributed by atoms with Crippen LogP contribution >= 0.6 is 0 Å². The Kier molecular flexibility index (Phi) is 7.67. The van der Waals surface area contributed by atoms with Gasteiger partial charge >= 0.3 is 0 Å². The van der Waals surface area contributed by atoms with Crippen molar-refractivity contribution in [2.24, 2.45) is 11.3 Å². The van der Waals surface area contributed by atoms with Crippen molar-refractivity contribution in [3.63, 3.8) is 0 Å². The molecule has 0 radical (unpaired) electrons. The summed E-state index contributed by atoms with van der Waals surface area (Å²) in [5, 5.41) is 3.21. The molecule has 2 heterocycles. The van der Waals surface area contributed by atoms with E-state index in [4.69, 9.17) is 0 Å². The van der Waals surface area contributed by atoms with Gasteiger partial charge in [-0.1, -0.05) is 56.3 Å². The van der Waals surface area contributed by atoms with Crippen LogP contribution in [-0.2, 0) is 16.1 Å². The van der Waals surface area contributed by atoms with E-state index in [0.29, 0.717) is 6.54 Å². The summed E-state index contributed by atoms with van der Waals surface area (Å²) in [5.41, 5.74) is 1.85. The second-order valence-electron chi connectivity index (χ2n) is 10.1. The topological polar surface area (TPSA) is 52.7 Å². The molecule has 0 aliphatic carbocycles. The van der Waals surface area contributed by atoms with Crippen molar-refractivity contribution in [3.05, 3.63) is 71.5 Å². The molecule has 4 rings (SSSR count). The van der Waals surface area contributed by atoms with E-state index in [2.05, 4.69) is 22.3 Å². The van der Waals surface area contributed by atoms with Gasteiger partial charge in [0.15, 0.2) is 0 Å². The number of hydrogen-bond acceptors (Lipinski definition) is 3. The Morgan fingerprint density at radius 2 is 1.65 bits per heavy atom. The van der Waals surface area contributed by atoms with Crippen molar-refractivity contribution < 1.29 is 14.0 Å². The maximum atomic E-state index is 13.3. The molecule has 34 heavy (non-hydrogen) atoms. The monoisotopic (exact) mass is 465 g/mol. The summed E-state index contributed by atoms with van der Waals surface area (Å²) in [5.74, 6) is 0.0259. The van der Waals surface area contributed by atoms with Gasteiger partial charge in [-0.3, -0.25) is 9.59 Å². The standard InChI is InChI=1S/C28H36FN3O2/c1-21(2)26(33)30-25(23-6-4-3-5-7-23)12-16-31-17-13-28(14-18-31)15-19-32(27(28)34)20-22-8-10-24(29)11-9-22/h3-11,21,25H,12-20H2,1-2H3,(H,30,33). The van der Waals surface area contributed by atoms with E-state index >= 15 is 0 Å². The van der Waals surface area contributed by atoms with Gasteiger partial charge in [0.05, 0.1) is 11.5 Å². The number of hydrogen-bond donors (Lipinski definition) is 1. The average molecular weight is 466 g/mol. The lowest BCUT2D eigenvalue weighted by Crippen LogP contribution is -2.45. The van der Waals surface area contributed by atoms with Gasteiger partial charge < -0.3 is 15.1 Å². The lowest BCUT2D eigenvalue weighted by molar-refractivity contribution is -0.139. The molecule has 2 aliphatic heterocycles. The normalized spacial score (nSPS) is 19.1. The minimum atomic E-state index is -0.251. The highest BCUT2D eigenvalue weighted by molar-refractivity contribution is 5.85. The largest absolute Gasteiger partial charge is 0.349 e. The van der Waals surface area contributed by atoms with Crippen LogP contribution in [0.25, 0.3) is 0 Å². The van der Waals surface area contributed by atoms with Gasteiger partial charge in [-0.15, -0.1) is 0 Å². The van der Waals surface area contributed by atoms with E-state index < -0.39 is 0 Å². The molecule has 2 amide bonds. The van der Waals surface area contributed by atoms with Crippen molar-refractivity contribution >= 4 is 11.8 Å². The highest BCUT2D eigenvalue weighted by Crippen LogP contribution is 2.42. The molecule has 5 nitrogen and oxygen atoms in total. The minimum absolute atomic E-state index is 0.00806. The molecule has 2 aromatic rings. The Hall–Kier alpha value is -2.73. The van der Waals surface area contributed by atoms with Crippen LogP contribution in [0, 0.1) is 17.2 Å². The number of piperidine rings is 1. The number of nitrogens with zero attached hydrogens (tertiary/aromatic N) is 2. The van der Waals surface area contributed by atoms with E-state index in [1.165, 1.54) is 12.1 Å².